The monoisotopic (exact) mass is 934 g/mol. The molecule has 0 fully saturated rings. The first-order valence-corrected chi connectivity index (χ1v) is 18.0. The lowest BCUT2D eigenvalue weighted by molar-refractivity contribution is 0.317. The van der Waals surface area contributed by atoms with E-state index in [1.165, 1.54) is 0 Å². The zero-order valence-corrected chi connectivity index (χ0v) is 32.8. The fourth-order valence-electron chi connectivity index (χ4n) is 5.83. The normalized spacial score (nSPS) is 10.9. The molecule has 0 aromatic heterocycles. The Morgan fingerprint density at radius 1 is 0.194 bits per heavy atom. The molecule has 348 valence electrons. The lowest BCUT2D eigenvalue weighted by Crippen LogP contribution is -1.95. The lowest BCUT2D eigenvalue weighted by Gasteiger charge is -2.19. The fourth-order valence-corrected chi connectivity index (χ4v) is 5.83. The van der Waals surface area contributed by atoms with Crippen LogP contribution in [0, 0.1) is 0 Å². The van der Waals surface area contributed by atoms with Crippen LogP contribution in [-0.2, 0) is 0 Å². The van der Waals surface area contributed by atoms with Crippen molar-refractivity contribution in [3.63, 3.8) is 0 Å². The first kappa shape index (κ1) is 44.6. The number of phenolic OH excluding ortho intramolecular Hbond substituents is 19. The standard InChI is InChI=1S/C42H30O25/c43-12-1-19(47)37(20(48)2-12)62-13-3-23(51)39(24(52)4-13)66-28-10-17(45)32(57)36(61)42(28)64-15-7-25(53)40(26(54)8-15)67-29-11-18(46)31(56)35(60)41(29)63-14-5-21(49)38(22(50)6-14)65-27-9-16(44)30(55)34(59)33(27)58/h1-11,43-61H. The third-order valence-electron chi connectivity index (χ3n) is 8.94. The van der Waals surface area contributed by atoms with E-state index in [9.17, 15) is 97.0 Å². The molecule has 7 aromatic carbocycles. The van der Waals surface area contributed by atoms with E-state index in [1.807, 2.05) is 0 Å². The van der Waals surface area contributed by atoms with Crippen molar-refractivity contribution < 1.29 is 125 Å². The van der Waals surface area contributed by atoms with Gasteiger partial charge in [-0.3, -0.25) is 0 Å². The highest BCUT2D eigenvalue weighted by molar-refractivity contribution is 5.71. The van der Waals surface area contributed by atoms with E-state index in [0.29, 0.717) is 30.3 Å². The third kappa shape index (κ3) is 8.42. The molecule has 67 heavy (non-hydrogen) atoms. The molecule has 7 aromatic rings. The highest BCUT2D eigenvalue weighted by atomic mass is 16.6. The minimum Gasteiger partial charge on any atom is -0.508 e. The van der Waals surface area contributed by atoms with Gasteiger partial charge in [0.1, 0.15) is 23.0 Å². The van der Waals surface area contributed by atoms with Crippen LogP contribution >= 0.6 is 0 Å². The van der Waals surface area contributed by atoms with Crippen LogP contribution < -0.4 is 28.4 Å². The molecule has 0 atom stereocenters. The first-order chi connectivity index (χ1) is 31.5. The molecule has 0 aliphatic carbocycles. The van der Waals surface area contributed by atoms with Crippen molar-refractivity contribution in [1.82, 2.24) is 0 Å². The van der Waals surface area contributed by atoms with Gasteiger partial charge in [-0.05, 0) is 0 Å². The molecular weight excluding hydrogens is 904 g/mol. The average Bonchev–Trinajstić information content (AvgIpc) is 3.25. The number of hydrogen-bond acceptors (Lipinski definition) is 25. The summed E-state index contributed by atoms with van der Waals surface area (Å²) in [5.74, 6) is -28.0. The fraction of sp³-hybridized carbons (Fsp3) is 0. The molecule has 0 unspecified atom stereocenters. The molecule has 25 nitrogen and oxygen atoms in total. The molecule has 7 rings (SSSR count). The maximum atomic E-state index is 11.0. The van der Waals surface area contributed by atoms with Crippen molar-refractivity contribution in [2.75, 3.05) is 0 Å². The van der Waals surface area contributed by atoms with Crippen LogP contribution in [-0.4, -0.2) is 97.0 Å². The van der Waals surface area contributed by atoms with Gasteiger partial charge in [-0.15, -0.1) is 0 Å². The Labute approximate surface area is 370 Å². The minimum atomic E-state index is -1.25. The molecule has 0 aliphatic heterocycles. The SMILES string of the molecule is Oc1cc(O)c(Oc2cc(O)c(Oc3cc(O)c(O)c(O)c3Oc3cc(O)c(Oc4cc(O)c(O)c(O)c4Oc4cc(O)c(Oc5cc(O)c(O)c(O)c5O)c(O)c4)c(O)c3)c(O)c2)c(O)c1. The van der Waals surface area contributed by atoms with Gasteiger partial charge in [0.25, 0.3) is 0 Å². The first-order valence-electron chi connectivity index (χ1n) is 18.0. The molecule has 0 radical (unpaired) electrons. The van der Waals surface area contributed by atoms with E-state index in [4.69, 9.17) is 28.4 Å². The molecule has 0 saturated carbocycles. The Hall–Kier alpha value is -10.5. The van der Waals surface area contributed by atoms with E-state index in [0.717, 1.165) is 36.4 Å². The van der Waals surface area contributed by atoms with Crippen molar-refractivity contribution in [2.45, 2.75) is 0 Å². The second-order valence-electron chi connectivity index (χ2n) is 13.6. The Kier molecular flexibility index (Phi) is 11.1. The van der Waals surface area contributed by atoms with Crippen molar-refractivity contribution in [1.29, 1.82) is 0 Å². The van der Waals surface area contributed by atoms with Gasteiger partial charge in [0.15, 0.2) is 80.5 Å². The van der Waals surface area contributed by atoms with Gasteiger partial charge in [-0.2, -0.15) is 0 Å². The minimum absolute atomic E-state index is 0.407. The second-order valence-corrected chi connectivity index (χ2v) is 13.6. The highest BCUT2D eigenvalue weighted by Crippen LogP contribution is 2.58. The van der Waals surface area contributed by atoms with E-state index in [1.54, 1.807) is 0 Å². The van der Waals surface area contributed by atoms with Crippen molar-refractivity contribution >= 4 is 0 Å². The van der Waals surface area contributed by atoms with E-state index >= 15 is 0 Å². The number of hydrogen-bond donors (Lipinski definition) is 19. The van der Waals surface area contributed by atoms with E-state index < -0.39 is 178 Å². The summed E-state index contributed by atoms with van der Waals surface area (Å²) in [4.78, 5) is 0. The molecule has 0 heterocycles. The summed E-state index contributed by atoms with van der Waals surface area (Å²) in [6.45, 7) is 0. The van der Waals surface area contributed by atoms with Crippen molar-refractivity contribution in [2.24, 2.45) is 0 Å². The summed E-state index contributed by atoms with van der Waals surface area (Å²) >= 11 is 0. The summed E-state index contributed by atoms with van der Waals surface area (Å²) in [6, 6.07) is 7.99. The summed E-state index contributed by atoms with van der Waals surface area (Å²) in [7, 11) is 0. The highest BCUT2D eigenvalue weighted by Gasteiger charge is 2.28. The number of aromatic hydroxyl groups is 19. The predicted molar refractivity (Wildman–Crippen MR) is 217 cm³/mol. The maximum Gasteiger partial charge on any atom is 0.215 e. The molecule has 25 heteroatoms. The second kappa shape index (κ2) is 16.7. The zero-order chi connectivity index (χ0) is 48.9. The molecular formula is C42H30O25. The molecule has 19 N–H and O–H groups in total. The van der Waals surface area contributed by atoms with Gasteiger partial charge < -0.3 is 125 Å². The van der Waals surface area contributed by atoms with Crippen molar-refractivity contribution in [3.8, 4) is 178 Å². The van der Waals surface area contributed by atoms with Crippen LogP contribution in [0.15, 0.2) is 66.7 Å². The Bertz CT molecular complexity index is 3050. The number of phenols is 19. The third-order valence-corrected chi connectivity index (χ3v) is 8.94. The van der Waals surface area contributed by atoms with Gasteiger partial charge >= 0.3 is 0 Å². The van der Waals surface area contributed by atoms with Gasteiger partial charge in [0, 0.05) is 66.7 Å². The lowest BCUT2D eigenvalue weighted by atomic mass is 10.2. The summed E-state index contributed by atoms with van der Waals surface area (Å²) in [5, 5.41) is 196. The Morgan fingerprint density at radius 3 is 0.791 bits per heavy atom. The molecule has 0 bridgehead atoms. The van der Waals surface area contributed by atoms with Crippen LogP contribution in [0.1, 0.15) is 0 Å². The van der Waals surface area contributed by atoms with Crippen LogP contribution in [0.5, 0.6) is 178 Å². The maximum absolute atomic E-state index is 11.0. The van der Waals surface area contributed by atoms with Gasteiger partial charge in [-0.25, -0.2) is 0 Å². The average molecular weight is 935 g/mol. The number of ether oxygens (including phenoxy) is 6. The molecule has 0 spiro atoms. The number of rotatable bonds is 12. The van der Waals surface area contributed by atoms with Gasteiger partial charge in [-0.1, -0.05) is 0 Å². The quantitative estimate of drug-likeness (QED) is 0.0440. The number of benzene rings is 7. The largest absolute Gasteiger partial charge is 0.508 e. The smallest absolute Gasteiger partial charge is 0.215 e. The van der Waals surface area contributed by atoms with E-state index in [2.05, 4.69) is 0 Å². The van der Waals surface area contributed by atoms with Gasteiger partial charge in [0.2, 0.25) is 74.7 Å². The topological polar surface area (TPSA) is 440 Å². The predicted octanol–water partition coefficient (Wildman–Crippen LogP) is 6.85. The van der Waals surface area contributed by atoms with E-state index in [-0.39, 0.29) is 0 Å². The van der Waals surface area contributed by atoms with Gasteiger partial charge in [0.05, 0.1) is 0 Å². The molecule has 0 saturated heterocycles. The Balaban J connectivity index is 1.16. The van der Waals surface area contributed by atoms with Crippen LogP contribution in [0.4, 0.5) is 0 Å². The zero-order valence-electron chi connectivity index (χ0n) is 32.8. The Morgan fingerprint density at radius 2 is 0.448 bits per heavy atom. The summed E-state index contributed by atoms with van der Waals surface area (Å²) in [6.07, 6.45) is 0. The molecule has 0 amide bonds. The molecule has 0 aliphatic rings. The van der Waals surface area contributed by atoms with Crippen LogP contribution in [0.3, 0.4) is 0 Å². The van der Waals surface area contributed by atoms with Crippen LogP contribution in [0.25, 0.3) is 0 Å². The van der Waals surface area contributed by atoms with Crippen LogP contribution in [0.2, 0.25) is 0 Å². The van der Waals surface area contributed by atoms with Crippen molar-refractivity contribution in [3.05, 3.63) is 66.7 Å². The summed E-state index contributed by atoms with van der Waals surface area (Å²) < 4.78 is 32.6. The summed E-state index contributed by atoms with van der Waals surface area (Å²) in [5.41, 5.74) is 0.